The van der Waals surface area contributed by atoms with Crippen molar-refractivity contribution in [3.63, 3.8) is 0 Å². The maximum atomic E-state index is 10.9. The van der Waals surface area contributed by atoms with Crippen LogP contribution in [-0.4, -0.2) is 21.6 Å². The number of carbonyl (C=O) groups is 1. The van der Waals surface area contributed by atoms with Gasteiger partial charge in [0.05, 0.1) is 0 Å². The van der Waals surface area contributed by atoms with Crippen LogP contribution in [-0.2, 0) is 4.79 Å². The van der Waals surface area contributed by atoms with E-state index in [9.17, 15) is 4.79 Å². The highest BCUT2D eigenvalue weighted by molar-refractivity contribution is 8.01. The number of carboxylic acid groups (broad SMARTS) is 1. The average Bonchev–Trinajstić information content (AvgIpc) is 3.06. The molecule has 1 saturated carbocycles. The van der Waals surface area contributed by atoms with Gasteiger partial charge in [0.15, 0.2) is 0 Å². The summed E-state index contributed by atoms with van der Waals surface area (Å²) in [5, 5.41) is 9.25. The smallest absolute Gasteiger partial charge is 0.316 e. The molecule has 1 N–H and O–H groups in total. The quantitative estimate of drug-likeness (QED) is 0.853. The SMILES string of the molecule is CCC(SC1CC1c1ccccc1)C(=O)O. The first-order valence-electron chi connectivity index (χ1n) is 5.65. The lowest BCUT2D eigenvalue weighted by atomic mass is 10.1. The third kappa shape index (κ3) is 2.59. The molecule has 0 aliphatic heterocycles. The van der Waals surface area contributed by atoms with Gasteiger partial charge in [-0.05, 0) is 24.3 Å². The highest BCUT2D eigenvalue weighted by Crippen LogP contribution is 2.50. The Hall–Kier alpha value is -0.960. The largest absolute Gasteiger partial charge is 0.480 e. The second-order valence-corrected chi connectivity index (χ2v) is 5.61. The topological polar surface area (TPSA) is 37.3 Å². The first kappa shape index (κ1) is 11.5. The minimum Gasteiger partial charge on any atom is -0.480 e. The highest BCUT2D eigenvalue weighted by atomic mass is 32.2. The van der Waals surface area contributed by atoms with Crippen LogP contribution in [0.15, 0.2) is 30.3 Å². The summed E-state index contributed by atoms with van der Waals surface area (Å²) in [6, 6.07) is 10.4. The zero-order valence-electron chi connectivity index (χ0n) is 9.30. The van der Waals surface area contributed by atoms with Crippen LogP contribution >= 0.6 is 11.8 Å². The Balaban J connectivity index is 1.90. The predicted molar refractivity (Wildman–Crippen MR) is 66.9 cm³/mol. The molecule has 3 heteroatoms. The lowest BCUT2D eigenvalue weighted by Crippen LogP contribution is -2.15. The summed E-state index contributed by atoms with van der Waals surface area (Å²) in [6.45, 7) is 1.94. The summed E-state index contributed by atoms with van der Waals surface area (Å²) >= 11 is 1.62. The standard InChI is InChI=1S/C13H16O2S/c1-2-11(13(14)15)16-12-8-10(12)9-6-4-3-5-7-9/h3-7,10-12H,2,8H2,1H3,(H,14,15). The summed E-state index contributed by atoms with van der Waals surface area (Å²) in [6.07, 6.45) is 1.83. The van der Waals surface area contributed by atoms with Crippen molar-refractivity contribution in [2.45, 2.75) is 36.2 Å². The zero-order chi connectivity index (χ0) is 11.5. The second-order valence-electron chi connectivity index (χ2n) is 4.16. The molecule has 3 atom stereocenters. The van der Waals surface area contributed by atoms with Crippen LogP contribution in [0.2, 0.25) is 0 Å². The number of hydrogen-bond donors (Lipinski definition) is 1. The number of benzene rings is 1. The Morgan fingerprint density at radius 2 is 2.19 bits per heavy atom. The Kier molecular flexibility index (Phi) is 3.54. The van der Waals surface area contributed by atoms with E-state index in [1.807, 2.05) is 25.1 Å². The van der Waals surface area contributed by atoms with E-state index >= 15 is 0 Å². The van der Waals surface area contributed by atoms with E-state index in [-0.39, 0.29) is 5.25 Å². The van der Waals surface area contributed by atoms with Crippen molar-refractivity contribution in [3.05, 3.63) is 35.9 Å². The minimum atomic E-state index is -0.675. The first-order chi connectivity index (χ1) is 7.72. The normalized spacial score (nSPS) is 25.1. The van der Waals surface area contributed by atoms with Crippen molar-refractivity contribution in [3.8, 4) is 0 Å². The Labute approximate surface area is 100 Å². The van der Waals surface area contributed by atoms with Gasteiger partial charge in [-0.1, -0.05) is 37.3 Å². The lowest BCUT2D eigenvalue weighted by Gasteiger charge is -2.08. The number of hydrogen-bond acceptors (Lipinski definition) is 2. The Bertz CT molecular complexity index is 363. The molecule has 2 nitrogen and oxygen atoms in total. The molecule has 0 amide bonds. The molecule has 0 spiro atoms. The molecule has 2 rings (SSSR count). The third-order valence-corrected chi connectivity index (χ3v) is 4.68. The summed E-state index contributed by atoms with van der Waals surface area (Å²) in [4.78, 5) is 10.9. The van der Waals surface area contributed by atoms with Gasteiger partial charge in [0.2, 0.25) is 0 Å². The van der Waals surface area contributed by atoms with Crippen molar-refractivity contribution in [2.75, 3.05) is 0 Å². The van der Waals surface area contributed by atoms with Crippen LogP contribution in [0.5, 0.6) is 0 Å². The molecule has 0 radical (unpaired) electrons. The number of rotatable bonds is 5. The van der Waals surface area contributed by atoms with Gasteiger partial charge >= 0.3 is 5.97 Å². The second kappa shape index (κ2) is 4.91. The first-order valence-corrected chi connectivity index (χ1v) is 6.60. The van der Waals surface area contributed by atoms with Crippen LogP contribution in [0.4, 0.5) is 0 Å². The molecule has 0 aromatic heterocycles. The molecule has 0 bridgehead atoms. The van der Waals surface area contributed by atoms with Gasteiger partial charge in [-0.3, -0.25) is 4.79 Å². The fraction of sp³-hybridized carbons (Fsp3) is 0.462. The number of carboxylic acids is 1. The molecule has 1 fully saturated rings. The van der Waals surface area contributed by atoms with E-state index in [1.54, 1.807) is 11.8 Å². The average molecular weight is 236 g/mol. The fourth-order valence-electron chi connectivity index (χ4n) is 1.91. The van der Waals surface area contributed by atoms with Crippen molar-refractivity contribution >= 4 is 17.7 Å². The molecule has 86 valence electrons. The van der Waals surface area contributed by atoms with E-state index in [2.05, 4.69) is 12.1 Å². The van der Waals surface area contributed by atoms with Gasteiger partial charge in [0, 0.05) is 5.25 Å². The van der Waals surface area contributed by atoms with E-state index in [0.717, 1.165) is 6.42 Å². The molecule has 16 heavy (non-hydrogen) atoms. The van der Waals surface area contributed by atoms with E-state index in [0.29, 0.717) is 17.6 Å². The Morgan fingerprint density at radius 1 is 1.50 bits per heavy atom. The Morgan fingerprint density at radius 3 is 2.75 bits per heavy atom. The highest BCUT2D eigenvalue weighted by Gasteiger charge is 2.41. The number of aliphatic carboxylic acids is 1. The van der Waals surface area contributed by atoms with E-state index in [1.165, 1.54) is 5.56 Å². The molecule has 0 saturated heterocycles. The number of thioether (sulfide) groups is 1. The van der Waals surface area contributed by atoms with Crippen molar-refractivity contribution < 1.29 is 9.90 Å². The van der Waals surface area contributed by atoms with Gasteiger partial charge in [0.25, 0.3) is 0 Å². The van der Waals surface area contributed by atoms with Crippen LogP contribution in [0.3, 0.4) is 0 Å². The molecule has 1 aromatic rings. The molecular weight excluding hydrogens is 220 g/mol. The van der Waals surface area contributed by atoms with E-state index < -0.39 is 5.97 Å². The molecule has 1 aromatic carbocycles. The molecule has 3 unspecified atom stereocenters. The van der Waals surface area contributed by atoms with Gasteiger partial charge < -0.3 is 5.11 Å². The fourth-order valence-corrected chi connectivity index (χ4v) is 3.31. The summed E-state index contributed by atoms with van der Waals surface area (Å²) in [5.74, 6) is -0.106. The van der Waals surface area contributed by atoms with Crippen molar-refractivity contribution in [2.24, 2.45) is 0 Å². The summed E-state index contributed by atoms with van der Waals surface area (Å²) in [7, 11) is 0. The monoisotopic (exact) mass is 236 g/mol. The van der Waals surface area contributed by atoms with Crippen molar-refractivity contribution in [1.29, 1.82) is 0 Å². The third-order valence-electron chi connectivity index (χ3n) is 2.94. The minimum absolute atomic E-state index is 0.237. The van der Waals surface area contributed by atoms with Gasteiger partial charge in [-0.15, -0.1) is 11.8 Å². The predicted octanol–water partition coefficient (Wildman–Crippen LogP) is 3.14. The van der Waals surface area contributed by atoms with Crippen LogP contribution in [0, 0.1) is 0 Å². The van der Waals surface area contributed by atoms with Gasteiger partial charge in [-0.2, -0.15) is 0 Å². The zero-order valence-corrected chi connectivity index (χ0v) is 10.1. The molecule has 1 aliphatic rings. The van der Waals surface area contributed by atoms with Crippen LogP contribution < -0.4 is 0 Å². The van der Waals surface area contributed by atoms with Crippen molar-refractivity contribution in [1.82, 2.24) is 0 Å². The van der Waals surface area contributed by atoms with Crippen LogP contribution in [0.25, 0.3) is 0 Å². The molecular formula is C13H16O2S. The molecule has 1 aliphatic carbocycles. The summed E-state index contributed by atoms with van der Waals surface area (Å²) in [5.41, 5.74) is 1.35. The van der Waals surface area contributed by atoms with Crippen LogP contribution in [0.1, 0.15) is 31.2 Å². The summed E-state index contributed by atoms with van der Waals surface area (Å²) < 4.78 is 0. The lowest BCUT2D eigenvalue weighted by molar-refractivity contribution is -0.136. The van der Waals surface area contributed by atoms with Gasteiger partial charge in [0.1, 0.15) is 5.25 Å². The maximum Gasteiger partial charge on any atom is 0.316 e. The molecule has 0 heterocycles. The van der Waals surface area contributed by atoms with E-state index in [4.69, 9.17) is 5.11 Å². The maximum absolute atomic E-state index is 10.9. The van der Waals surface area contributed by atoms with Gasteiger partial charge in [-0.25, -0.2) is 0 Å².